The van der Waals surface area contributed by atoms with Gasteiger partial charge in [-0.05, 0) is 56.9 Å². The van der Waals surface area contributed by atoms with Crippen LogP contribution in [0.25, 0.3) is 10.9 Å². The van der Waals surface area contributed by atoms with Crippen molar-refractivity contribution in [2.24, 2.45) is 0 Å². The predicted octanol–water partition coefficient (Wildman–Crippen LogP) is 4.60. The molecule has 0 aliphatic carbocycles. The van der Waals surface area contributed by atoms with E-state index in [0.717, 1.165) is 41.4 Å². The zero-order chi connectivity index (χ0) is 17.6. The first kappa shape index (κ1) is 17.2. The highest BCUT2D eigenvalue weighted by atomic mass is 16.1. The van der Waals surface area contributed by atoms with Crippen LogP contribution in [0.2, 0.25) is 0 Å². The molecule has 0 saturated heterocycles. The third-order valence-corrected chi connectivity index (χ3v) is 4.36. The molecule has 3 heteroatoms. The van der Waals surface area contributed by atoms with Crippen molar-refractivity contribution >= 4 is 16.8 Å². The summed E-state index contributed by atoms with van der Waals surface area (Å²) in [5.41, 5.74) is 4.94. The Balaban J connectivity index is 1.60. The number of nitrogens with zero attached hydrogens (tertiary/aromatic N) is 1. The molecule has 2 aromatic carbocycles. The van der Waals surface area contributed by atoms with E-state index in [2.05, 4.69) is 34.6 Å². The fraction of sp³-hybridized carbons (Fsp3) is 0.273. The van der Waals surface area contributed by atoms with Crippen LogP contribution in [0.5, 0.6) is 0 Å². The van der Waals surface area contributed by atoms with Crippen LogP contribution in [-0.4, -0.2) is 17.4 Å². The van der Waals surface area contributed by atoms with Crippen LogP contribution >= 0.6 is 0 Å². The average Bonchev–Trinajstić information content (AvgIpc) is 2.62. The minimum absolute atomic E-state index is 0.0131. The van der Waals surface area contributed by atoms with Gasteiger partial charge in [0.2, 0.25) is 0 Å². The number of carbonyl (C=O) groups excluding carboxylic acids is 1. The number of hydrogen-bond acceptors (Lipinski definition) is 2. The van der Waals surface area contributed by atoms with Crippen LogP contribution in [0.1, 0.15) is 40.0 Å². The van der Waals surface area contributed by atoms with Crippen molar-refractivity contribution in [2.75, 3.05) is 6.54 Å². The van der Waals surface area contributed by atoms with Crippen molar-refractivity contribution in [1.82, 2.24) is 10.3 Å². The predicted molar refractivity (Wildman–Crippen MR) is 103 cm³/mol. The summed E-state index contributed by atoms with van der Waals surface area (Å²) in [4.78, 5) is 17.1. The Labute approximate surface area is 149 Å². The molecule has 25 heavy (non-hydrogen) atoms. The van der Waals surface area contributed by atoms with Gasteiger partial charge in [-0.1, -0.05) is 42.0 Å². The number of nitrogens with one attached hydrogen (secondary N) is 1. The minimum Gasteiger partial charge on any atom is -0.352 e. The SMILES string of the molecule is Cc1ccc2nc(C)cc(C(=O)NCCCCc3ccccc3)c2c1. The topological polar surface area (TPSA) is 42.0 Å². The van der Waals surface area contributed by atoms with E-state index in [4.69, 9.17) is 0 Å². The fourth-order valence-electron chi connectivity index (χ4n) is 3.06. The van der Waals surface area contributed by atoms with Crippen molar-refractivity contribution in [3.63, 3.8) is 0 Å². The van der Waals surface area contributed by atoms with Gasteiger partial charge in [-0.2, -0.15) is 0 Å². The first-order valence-electron chi connectivity index (χ1n) is 8.83. The Bertz CT molecular complexity index is 872. The number of unbranched alkanes of at least 4 members (excludes halogenated alkanes) is 1. The summed E-state index contributed by atoms with van der Waals surface area (Å²) in [5, 5.41) is 3.98. The summed E-state index contributed by atoms with van der Waals surface area (Å²) in [6.45, 7) is 4.65. The Kier molecular flexibility index (Phi) is 5.44. The van der Waals surface area contributed by atoms with E-state index in [9.17, 15) is 4.79 Å². The summed E-state index contributed by atoms with van der Waals surface area (Å²) < 4.78 is 0. The molecular formula is C22H24N2O. The Morgan fingerprint density at radius 1 is 1.00 bits per heavy atom. The molecule has 0 aliphatic rings. The molecule has 1 heterocycles. The van der Waals surface area contributed by atoms with Crippen LogP contribution in [0.3, 0.4) is 0 Å². The lowest BCUT2D eigenvalue weighted by Crippen LogP contribution is -2.25. The number of rotatable bonds is 6. The van der Waals surface area contributed by atoms with Crippen LogP contribution in [0, 0.1) is 13.8 Å². The second-order valence-corrected chi connectivity index (χ2v) is 6.53. The van der Waals surface area contributed by atoms with E-state index in [-0.39, 0.29) is 5.91 Å². The molecule has 3 nitrogen and oxygen atoms in total. The van der Waals surface area contributed by atoms with E-state index >= 15 is 0 Å². The Morgan fingerprint density at radius 2 is 1.80 bits per heavy atom. The van der Waals surface area contributed by atoms with E-state index < -0.39 is 0 Å². The van der Waals surface area contributed by atoms with E-state index in [1.807, 2.05) is 44.2 Å². The normalized spacial score (nSPS) is 10.8. The molecule has 1 N–H and O–H groups in total. The first-order valence-corrected chi connectivity index (χ1v) is 8.83. The molecular weight excluding hydrogens is 308 g/mol. The number of aryl methyl sites for hydroxylation is 3. The minimum atomic E-state index is -0.0131. The molecule has 0 radical (unpaired) electrons. The standard InChI is InChI=1S/C22H24N2O/c1-16-11-12-21-19(14-16)20(15-17(2)24-21)22(25)23-13-7-6-10-18-8-4-3-5-9-18/h3-5,8-9,11-12,14-15H,6-7,10,13H2,1-2H3,(H,23,25). The lowest BCUT2D eigenvalue weighted by atomic mass is 10.0. The molecule has 0 fully saturated rings. The molecule has 128 valence electrons. The number of aromatic nitrogens is 1. The van der Waals surface area contributed by atoms with Crippen LogP contribution in [0.15, 0.2) is 54.6 Å². The highest BCUT2D eigenvalue weighted by Gasteiger charge is 2.11. The van der Waals surface area contributed by atoms with Crippen LogP contribution in [0.4, 0.5) is 0 Å². The molecule has 0 aliphatic heterocycles. The lowest BCUT2D eigenvalue weighted by Gasteiger charge is -2.10. The van der Waals surface area contributed by atoms with Crippen molar-refractivity contribution < 1.29 is 4.79 Å². The fourth-order valence-corrected chi connectivity index (χ4v) is 3.06. The molecule has 0 bridgehead atoms. The van der Waals surface area contributed by atoms with Gasteiger partial charge in [0, 0.05) is 17.6 Å². The first-order chi connectivity index (χ1) is 12.1. The van der Waals surface area contributed by atoms with Gasteiger partial charge in [-0.15, -0.1) is 0 Å². The largest absolute Gasteiger partial charge is 0.352 e. The summed E-state index contributed by atoms with van der Waals surface area (Å²) in [5.74, 6) is -0.0131. The number of carbonyl (C=O) groups is 1. The maximum absolute atomic E-state index is 12.6. The third kappa shape index (κ3) is 4.44. The maximum atomic E-state index is 12.6. The Morgan fingerprint density at radius 3 is 2.60 bits per heavy atom. The summed E-state index contributed by atoms with van der Waals surface area (Å²) in [6.07, 6.45) is 3.09. The smallest absolute Gasteiger partial charge is 0.252 e. The molecule has 3 aromatic rings. The highest BCUT2D eigenvalue weighted by Crippen LogP contribution is 2.20. The second kappa shape index (κ2) is 7.93. The van der Waals surface area contributed by atoms with Gasteiger partial charge in [0.15, 0.2) is 0 Å². The number of pyridine rings is 1. The monoisotopic (exact) mass is 332 g/mol. The maximum Gasteiger partial charge on any atom is 0.252 e. The molecule has 1 aromatic heterocycles. The van der Waals surface area contributed by atoms with Gasteiger partial charge in [-0.3, -0.25) is 9.78 Å². The number of amides is 1. The second-order valence-electron chi connectivity index (χ2n) is 6.53. The number of fused-ring (bicyclic) bond motifs is 1. The molecule has 0 saturated carbocycles. The number of hydrogen-bond donors (Lipinski definition) is 1. The zero-order valence-electron chi connectivity index (χ0n) is 14.9. The molecule has 3 rings (SSSR count). The average molecular weight is 332 g/mol. The van der Waals surface area contributed by atoms with Crippen molar-refractivity contribution in [1.29, 1.82) is 0 Å². The van der Waals surface area contributed by atoms with Gasteiger partial charge in [0.05, 0.1) is 11.1 Å². The zero-order valence-corrected chi connectivity index (χ0v) is 14.9. The van der Waals surface area contributed by atoms with Gasteiger partial charge in [0.25, 0.3) is 5.91 Å². The lowest BCUT2D eigenvalue weighted by molar-refractivity contribution is 0.0954. The van der Waals surface area contributed by atoms with Crippen LogP contribution in [-0.2, 0) is 6.42 Å². The van der Waals surface area contributed by atoms with Gasteiger partial charge in [0.1, 0.15) is 0 Å². The van der Waals surface area contributed by atoms with E-state index in [1.54, 1.807) is 0 Å². The van der Waals surface area contributed by atoms with E-state index in [1.165, 1.54) is 5.56 Å². The highest BCUT2D eigenvalue weighted by molar-refractivity contribution is 6.06. The summed E-state index contributed by atoms with van der Waals surface area (Å²) in [6, 6.07) is 18.4. The van der Waals surface area contributed by atoms with Gasteiger partial charge < -0.3 is 5.32 Å². The third-order valence-electron chi connectivity index (χ3n) is 4.36. The molecule has 0 unspecified atom stereocenters. The number of benzene rings is 2. The van der Waals surface area contributed by atoms with Gasteiger partial charge in [-0.25, -0.2) is 0 Å². The van der Waals surface area contributed by atoms with Gasteiger partial charge >= 0.3 is 0 Å². The summed E-state index contributed by atoms with van der Waals surface area (Å²) >= 11 is 0. The van der Waals surface area contributed by atoms with Crippen molar-refractivity contribution in [3.8, 4) is 0 Å². The van der Waals surface area contributed by atoms with E-state index in [0.29, 0.717) is 12.1 Å². The quantitative estimate of drug-likeness (QED) is 0.670. The van der Waals surface area contributed by atoms with Crippen molar-refractivity contribution in [3.05, 3.63) is 77.0 Å². The van der Waals surface area contributed by atoms with Crippen LogP contribution < -0.4 is 5.32 Å². The molecule has 0 atom stereocenters. The molecule has 0 spiro atoms. The Hall–Kier alpha value is -2.68. The summed E-state index contributed by atoms with van der Waals surface area (Å²) in [7, 11) is 0. The van der Waals surface area contributed by atoms with Crippen molar-refractivity contribution in [2.45, 2.75) is 33.1 Å². The molecule has 1 amide bonds.